The molecule has 2 aromatic rings. The van der Waals surface area contributed by atoms with Crippen molar-refractivity contribution in [2.45, 2.75) is 20.3 Å². The van der Waals surface area contributed by atoms with Crippen LogP contribution in [-0.4, -0.2) is 5.78 Å². The van der Waals surface area contributed by atoms with Crippen LogP contribution >= 0.6 is 11.6 Å². The van der Waals surface area contributed by atoms with Gasteiger partial charge in [0, 0.05) is 12.0 Å². The summed E-state index contributed by atoms with van der Waals surface area (Å²) in [7, 11) is 0. The Balaban J connectivity index is 2.28. The zero-order chi connectivity index (χ0) is 14.0. The summed E-state index contributed by atoms with van der Waals surface area (Å²) < 4.78 is 13.0. The average molecular weight is 277 g/mol. The Kier molecular flexibility index (Phi) is 4.01. The zero-order valence-electron chi connectivity index (χ0n) is 10.8. The quantitative estimate of drug-likeness (QED) is 0.753. The SMILES string of the molecule is Cc1cc(F)ccc1CC(=O)c1cccc(C)c1Cl. The van der Waals surface area contributed by atoms with Crippen molar-refractivity contribution < 1.29 is 9.18 Å². The Morgan fingerprint density at radius 2 is 1.89 bits per heavy atom. The van der Waals surface area contributed by atoms with Gasteiger partial charge in [-0.3, -0.25) is 4.79 Å². The number of ketones is 1. The first-order valence-electron chi connectivity index (χ1n) is 6.02. The van der Waals surface area contributed by atoms with E-state index in [1.54, 1.807) is 19.1 Å². The Morgan fingerprint density at radius 1 is 1.16 bits per heavy atom. The van der Waals surface area contributed by atoms with Gasteiger partial charge in [-0.05, 0) is 48.7 Å². The van der Waals surface area contributed by atoms with E-state index in [1.165, 1.54) is 12.1 Å². The molecule has 2 rings (SSSR count). The molecule has 0 unspecified atom stereocenters. The van der Waals surface area contributed by atoms with Crippen molar-refractivity contribution in [3.8, 4) is 0 Å². The van der Waals surface area contributed by atoms with Gasteiger partial charge in [0.15, 0.2) is 5.78 Å². The second-order valence-electron chi connectivity index (χ2n) is 4.61. The Bertz CT molecular complexity index is 635. The number of Topliss-reactive ketones (excluding diaryl/α,β-unsaturated/α-hetero) is 1. The van der Waals surface area contributed by atoms with E-state index < -0.39 is 0 Å². The predicted octanol–water partition coefficient (Wildman–Crippen LogP) is 4.52. The van der Waals surface area contributed by atoms with Crippen molar-refractivity contribution in [1.29, 1.82) is 0 Å². The number of hydrogen-bond acceptors (Lipinski definition) is 1. The van der Waals surface area contributed by atoms with E-state index in [0.717, 1.165) is 16.7 Å². The van der Waals surface area contributed by atoms with Crippen LogP contribution in [0, 0.1) is 19.7 Å². The van der Waals surface area contributed by atoms with Gasteiger partial charge < -0.3 is 0 Å². The van der Waals surface area contributed by atoms with Crippen molar-refractivity contribution in [3.05, 3.63) is 69.5 Å². The first-order chi connectivity index (χ1) is 8.99. The number of halogens is 2. The lowest BCUT2D eigenvalue weighted by Crippen LogP contribution is -2.06. The van der Waals surface area contributed by atoms with E-state index in [4.69, 9.17) is 11.6 Å². The van der Waals surface area contributed by atoms with Crippen LogP contribution in [-0.2, 0) is 6.42 Å². The minimum Gasteiger partial charge on any atom is -0.294 e. The molecule has 0 radical (unpaired) electrons. The van der Waals surface area contributed by atoms with E-state index in [-0.39, 0.29) is 18.0 Å². The van der Waals surface area contributed by atoms with Crippen LogP contribution < -0.4 is 0 Å². The molecule has 0 saturated carbocycles. The second kappa shape index (κ2) is 5.54. The summed E-state index contributed by atoms with van der Waals surface area (Å²) in [4.78, 5) is 12.2. The van der Waals surface area contributed by atoms with Crippen molar-refractivity contribution in [3.63, 3.8) is 0 Å². The lowest BCUT2D eigenvalue weighted by atomic mass is 9.98. The van der Waals surface area contributed by atoms with Crippen LogP contribution in [0.15, 0.2) is 36.4 Å². The second-order valence-corrected chi connectivity index (χ2v) is 4.99. The summed E-state index contributed by atoms with van der Waals surface area (Å²) in [6, 6.07) is 9.84. The van der Waals surface area contributed by atoms with E-state index in [9.17, 15) is 9.18 Å². The molecule has 0 saturated heterocycles. The molecular formula is C16H14ClFO. The van der Waals surface area contributed by atoms with Crippen LogP contribution in [0.1, 0.15) is 27.0 Å². The molecule has 2 aromatic carbocycles. The average Bonchev–Trinajstić information content (AvgIpc) is 2.36. The molecule has 0 aliphatic carbocycles. The molecule has 0 bridgehead atoms. The highest BCUT2D eigenvalue weighted by Crippen LogP contribution is 2.22. The Morgan fingerprint density at radius 3 is 2.58 bits per heavy atom. The van der Waals surface area contributed by atoms with Crippen LogP contribution in [0.4, 0.5) is 4.39 Å². The summed E-state index contributed by atoms with van der Waals surface area (Å²) in [5, 5.41) is 0.493. The highest BCUT2D eigenvalue weighted by atomic mass is 35.5. The van der Waals surface area contributed by atoms with Crippen LogP contribution in [0.3, 0.4) is 0 Å². The molecule has 0 amide bonds. The van der Waals surface area contributed by atoms with Gasteiger partial charge in [-0.25, -0.2) is 4.39 Å². The number of benzene rings is 2. The normalized spacial score (nSPS) is 10.5. The zero-order valence-corrected chi connectivity index (χ0v) is 11.6. The maximum atomic E-state index is 13.0. The van der Waals surface area contributed by atoms with E-state index in [2.05, 4.69) is 0 Å². The van der Waals surface area contributed by atoms with E-state index >= 15 is 0 Å². The summed E-state index contributed by atoms with van der Waals surface area (Å²) in [6.07, 6.45) is 0.231. The third-order valence-electron chi connectivity index (χ3n) is 3.15. The van der Waals surface area contributed by atoms with Crippen molar-refractivity contribution in [2.75, 3.05) is 0 Å². The third-order valence-corrected chi connectivity index (χ3v) is 3.65. The lowest BCUT2D eigenvalue weighted by Gasteiger charge is -2.08. The number of carbonyl (C=O) groups is 1. The van der Waals surface area contributed by atoms with Gasteiger partial charge in [-0.15, -0.1) is 0 Å². The maximum Gasteiger partial charge on any atom is 0.168 e. The smallest absolute Gasteiger partial charge is 0.168 e. The summed E-state index contributed by atoms with van der Waals surface area (Å²) in [6.45, 7) is 3.66. The molecule has 98 valence electrons. The van der Waals surface area contributed by atoms with E-state index in [0.29, 0.717) is 10.6 Å². The number of carbonyl (C=O) groups excluding carboxylic acids is 1. The van der Waals surface area contributed by atoms with Gasteiger partial charge in [0.25, 0.3) is 0 Å². The van der Waals surface area contributed by atoms with Crippen molar-refractivity contribution in [1.82, 2.24) is 0 Å². The fraction of sp³-hybridized carbons (Fsp3) is 0.188. The summed E-state index contributed by atoms with van der Waals surface area (Å²) in [5.41, 5.74) is 3.00. The molecule has 1 nitrogen and oxygen atoms in total. The maximum absolute atomic E-state index is 13.0. The number of rotatable bonds is 3. The Labute approximate surface area is 117 Å². The minimum absolute atomic E-state index is 0.0524. The molecule has 0 aliphatic rings. The molecule has 0 fully saturated rings. The highest BCUT2D eigenvalue weighted by Gasteiger charge is 2.13. The third kappa shape index (κ3) is 3.02. The Hall–Kier alpha value is -1.67. The summed E-state index contributed by atoms with van der Waals surface area (Å²) in [5.74, 6) is -0.342. The molecule has 0 N–H and O–H groups in total. The van der Waals surface area contributed by atoms with Gasteiger partial charge in [0.05, 0.1) is 5.02 Å². The largest absolute Gasteiger partial charge is 0.294 e. The summed E-state index contributed by atoms with van der Waals surface area (Å²) >= 11 is 6.14. The van der Waals surface area contributed by atoms with Crippen molar-refractivity contribution >= 4 is 17.4 Å². The molecule has 3 heteroatoms. The monoisotopic (exact) mass is 276 g/mol. The van der Waals surface area contributed by atoms with Gasteiger partial charge in [-0.1, -0.05) is 29.8 Å². The first kappa shape index (κ1) is 13.8. The van der Waals surface area contributed by atoms with Crippen LogP contribution in [0.5, 0.6) is 0 Å². The molecule has 0 atom stereocenters. The van der Waals surface area contributed by atoms with Gasteiger partial charge in [-0.2, -0.15) is 0 Å². The predicted molar refractivity (Wildman–Crippen MR) is 75.4 cm³/mol. The van der Waals surface area contributed by atoms with E-state index in [1.807, 2.05) is 19.1 Å². The van der Waals surface area contributed by atoms with Crippen LogP contribution in [0.2, 0.25) is 5.02 Å². The number of aryl methyl sites for hydroxylation is 2. The first-order valence-corrected chi connectivity index (χ1v) is 6.40. The lowest BCUT2D eigenvalue weighted by molar-refractivity contribution is 0.0993. The standard InChI is InChI=1S/C16H14ClFO/c1-10-4-3-5-14(16(10)17)15(19)9-12-6-7-13(18)8-11(12)2/h3-8H,9H2,1-2H3. The molecule has 0 spiro atoms. The van der Waals surface area contributed by atoms with Gasteiger partial charge >= 0.3 is 0 Å². The molecule has 0 heterocycles. The molecule has 0 aromatic heterocycles. The fourth-order valence-electron chi connectivity index (χ4n) is 1.99. The topological polar surface area (TPSA) is 17.1 Å². The molecular weight excluding hydrogens is 263 g/mol. The van der Waals surface area contributed by atoms with Crippen LogP contribution in [0.25, 0.3) is 0 Å². The number of hydrogen-bond donors (Lipinski definition) is 0. The highest BCUT2D eigenvalue weighted by molar-refractivity contribution is 6.34. The molecule has 19 heavy (non-hydrogen) atoms. The minimum atomic E-state index is -0.290. The van der Waals surface area contributed by atoms with Crippen molar-refractivity contribution in [2.24, 2.45) is 0 Å². The van der Waals surface area contributed by atoms with Gasteiger partial charge in [0.1, 0.15) is 5.82 Å². The van der Waals surface area contributed by atoms with Gasteiger partial charge in [0.2, 0.25) is 0 Å². The molecule has 0 aliphatic heterocycles. The fourth-order valence-corrected chi connectivity index (χ4v) is 2.22.